The van der Waals surface area contributed by atoms with Gasteiger partial charge in [-0.1, -0.05) is 30.3 Å². The van der Waals surface area contributed by atoms with Crippen molar-refractivity contribution in [1.82, 2.24) is 10.3 Å². The summed E-state index contributed by atoms with van der Waals surface area (Å²) in [7, 11) is 1.62. The van der Waals surface area contributed by atoms with Gasteiger partial charge in [0.15, 0.2) is 0 Å². The molecule has 0 aliphatic rings. The number of para-hydroxylation sites is 1. The smallest absolute Gasteiger partial charge is 0.237 e. The molecule has 1 aromatic heterocycles. The second-order valence-corrected chi connectivity index (χ2v) is 6.18. The van der Waals surface area contributed by atoms with Crippen molar-refractivity contribution >= 4 is 29.2 Å². The predicted octanol–water partition coefficient (Wildman–Crippen LogP) is 3.35. The first kappa shape index (κ1) is 19.8. The highest BCUT2D eigenvalue weighted by Gasteiger charge is 2.18. The van der Waals surface area contributed by atoms with E-state index in [4.69, 9.17) is 10.5 Å². The zero-order valence-electron chi connectivity index (χ0n) is 14.9. The lowest BCUT2D eigenvalue weighted by Gasteiger charge is -2.18. The Morgan fingerprint density at radius 1 is 1.23 bits per heavy atom. The highest BCUT2D eigenvalue weighted by Crippen LogP contribution is 2.20. The van der Waals surface area contributed by atoms with Crippen LogP contribution in [0.1, 0.15) is 24.1 Å². The lowest BCUT2D eigenvalue weighted by atomic mass is 10.0. The fourth-order valence-electron chi connectivity index (χ4n) is 2.94. The molecule has 5 nitrogen and oxygen atoms in total. The average Bonchev–Trinajstić information content (AvgIpc) is 3.04. The van der Waals surface area contributed by atoms with Crippen LogP contribution in [0.3, 0.4) is 0 Å². The summed E-state index contributed by atoms with van der Waals surface area (Å²) in [6.45, 7) is 1.94. The molecule has 0 bridgehead atoms. The zero-order chi connectivity index (χ0) is 17.8. The molecule has 3 aromatic rings. The number of hydrogen-bond donors (Lipinski definition) is 3. The highest BCUT2D eigenvalue weighted by molar-refractivity contribution is 5.86. The third-order valence-corrected chi connectivity index (χ3v) is 4.40. The van der Waals surface area contributed by atoms with Gasteiger partial charge >= 0.3 is 0 Å². The monoisotopic (exact) mass is 373 g/mol. The number of aromatic nitrogens is 1. The summed E-state index contributed by atoms with van der Waals surface area (Å²) in [4.78, 5) is 15.7. The number of amides is 1. The van der Waals surface area contributed by atoms with Gasteiger partial charge in [0.05, 0.1) is 19.2 Å². The number of halogens is 1. The van der Waals surface area contributed by atoms with Crippen molar-refractivity contribution in [2.45, 2.75) is 25.4 Å². The Morgan fingerprint density at radius 3 is 2.77 bits per heavy atom. The van der Waals surface area contributed by atoms with Gasteiger partial charge in [0.2, 0.25) is 5.91 Å². The van der Waals surface area contributed by atoms with Crippen LogP contribution in [0.2, 0.25) is 0 Å². The lowest BCUT2D eigenvalue weighted by molar-refractivity contribution is -0.123. The number of carbonyl (C=O) groups excluding carboxylic acids is 1. The predicted molar refractivity (Wildman–Crippen MR) is 107 cm³/mol. The van der Waals surface area contributed by atoms with Gasteiger partial charge in [-0.2, -0.15) is 0 Å². The van der Waals surface area contributed by atoms with Crippen molar-refractivity contribution in [3.8, 4) is 5.75 Å². The number of carbonyl (C=O) groups is 1. The van der Waals surface area contributed by atoms with Gasteiger partial charge < -0.3 is 20.8 Å². The van der Waals surface area contributed by atoms with Crippen molar-refractivity contribution in [3.05, 3.63) is 65.9 Å². The van der Waals surface area contributed by atoms with Crippen molar-refractivity contribution < 1.29 is 9.53 Å². The number of nitrogens with one attached hydrogen (secondary N) is 2. The molecule has 4 N–H and O–H groups in total. The summed E-state index contributed by atoms with van der Waals surface area (Å²) in [6.07, 6.45) is 2.41. The summed E-state index contributed by atoms with van der Waals surface area (Å²) in [5.74, 6) is 0.599. The van der Waals surface area contributed by atoms with E-state index in [1.54, 1.807) is 7.11 Å². The molecule has 138 valence electrons. The van der Waals surface area contributed by atoms with Crippen molar-refractivity contribution in [1.29, 1.82) is 0 Å². The number of methoxy groups -OCH3 is 1. The van der Waals surface area contributed by atoms with Crippen LogP contribution in [0.25, 0.3) is 10.9 Å². The molecule has 2 aromatic carbocycles. The van der Waals surface area contributed by atoms with Crippen LogP contribution in [-0.2, 0) is 11.2 Å². The summed E-state index contributed by atoms with van der Waals surface area (Å²) >= 11 is 0. The Morgan fingerprint density at radius 2 is 2.00 bits per heavy atom. The maximum Gasteiger partial charge on any atom is 0.237 e. The first-order valence-corrected chi connectivity index (χ1v) is 8.33. The number of aromatic amines is 1. The third-order valence-electron chi connectivity index (χ3n) is 4.40. The molecule has 1 heterocycles. The molecule has 3 rings (SSSR count). The van der Waals surface area contributed by atoms with Crippen LogP contribution < -0.4 is 15.8 Å². The van der Waals surface area contributed by atoms with Gasteiger partial charge in [0.25, 0.3) is 0 Å². The Bertz CT molecular complexity index is 878. The first-order chi connectivity index (χ1) is 12.1. The molecule has 0 radical (unpaired) electrons. The van der Waals surface area contributed by atoms with E-state index in [-0.39, 0.29) is 24.4 Å². The third kappa shape index (κ3) is 4.36. The van der Waals surface area contributed by atoms with Crippen LogP contribution in [0.5, 0.6) is 5.75 Å². The highest BCUT2D eigenvalue weighted by atomic mass is 35.5. The van der Waals surface area contributed by atoms with E-state index in [1.165, 1.54) is 0 Å². The molecular weight excluding hydrogens is 350 g/mol. The maximum absolute atomic E-state index is 12.5. The molecule has 26 heavy (non-hydrogen) atoms. The van der Waals surface area contributed by atoms with E-state index in [0.29, 0.717) is 6.42 Å². The number of rotatable bonds is 6. The maximum atomic E-state index is 12.5. The number of H-pyrrole nitrogens is 1. The number of benzene rings is 2. The van der Waals surface area contributed by atoms with Gasteiger partial charge in [-0.3, -0.25) is 4.79 Å². The summed E-state index contributed by atoms with van der Waals surface area (Å²) in [5, 5.41) is 4.08. The summed E-state index contributed by atoms with van der Waals surface area (Å²) < 4.78 is 5.23. The number of hydrogen-bond acceptors (Lipinski definition) is 3. The average molecular weight is 374 g/mol. The van der Waals surface area contributed by atoms with Crippen LogP contribution in [-0.4, -0.2) is 24.0 Å². The Labute approximate surface area is 159 Å². The molecule has 0 spiro atoms. The minimum absolute atomic E-state index is 0. The molecule has 1 amide bonds. The van der Waals surface area contributed by atoms with E-state index < -0.39 is 6.04 Å². The van der Waals surface area contributed by atoms with Crippen LogP contribution in [0.4, 0.5) is 0 Å². The van der Waals surface area contributed by atoms with Crippen LogP contribution in [0.15, 0.2) is 54.7 Å². The molecular formula is C20H24ClN3O2. The topological polar surface area (TPSA) is 80.1 Å². The standard InChI is InChI=1S/C20H23N3O2.ClH/c1-13(14-6-5-7-16(10-14)25-2)23-20(24)18(21)11-15-12-22-19-9-4-3-8-17(15)19;/h3-10,12-13,18,22H,11,21H2,1-2H3,(H,23,24);1H/t13?,18-;/m0./s1. The van der Waals surface area contributed by atoms with E-state index in [2.05, 4.69) is 10.3 Å². The Balaban J connectivity index is 0.00000243. The van der Waals surface area contributed by atoms with E-state index in [1.807, 2.05) is 61.7 Å². The number of ether oxygens (including phenoxy) is 1. The Hall–Kier alpha value is -2.50. The lowest BCUT2D eigenvalue weighted by Crippen LogP contribution is -2.42. The number of fused-ring (bicyclic) bond motifs is 1. The largest absolute Gasteiger partial charge is 0.497 e. The van der Waals surface area contributed by atoms with Crippen LogP contribution in [0, 0.1) is 0 Å². The molecule has 0 aliphatic heterocycles. The molecule has 2 atom stereocenters. The fourth-order valence-corrected chi connectivity index (χ4v) is 2.94. The summed E-state index contributed by atoms with van der Waals surface area (Å²) in [5.41, 5.74) is 9.21. The SMILES string of the molecule is COc1cccc(C(C)NC(=O)[C@@H](N)Cc2c[nH]c3ccccc23)c1.Cl. The minimum Gasteiger partial charge on any atom is -0.497 e. The Kier molecular flexibility index (Phi) is 6.66. The second kappa shape index (κ2) is 8.74. The van der Waals surface area contributed by atoms with Crippen molar-refractivity contribution in [2.24, 2.45) is 5.73 Å². The zero-order valence-corrected chi connectivity index (χ0v) is 15.7. The van der Waals surface area contributed by atoms with Gasteiger partial charge in [0.1, 0.15) is 5.75 Å². The number of nitrogens with two attached hydrogens (primary N) is 1. The quantitative estimate of drug-likeness (QED) is 0.619. The minimum atomic E-state index is -0.604. The first-order valence-electron chi connectivity index (χ1n) is 8.33. The normalized spacial score (nSPS) is 12.9. The van der Waals surface area contributed by atoms with Crippen LogP contribution >= 0.6 is 12.4 Å². The molecule has 0 saturated carbocycles. The van der Waals surface area contributed by atoms with Gasteiger partial charge in [0, 0.05) is 17.1 Å². The molecule has 1 unspecified atom stereocenters. The van der Waals surface area contributed by atoms with Gasteiger partial charge in [-0.15, -0.1) is 12.4 Å². The molecule has 6 heteroatoms. The molecule has 0 aliphatic carbocycles. The van der Waals surface area contributed by atoms with Crippen molar-refractivity contribution in [3.63, 3.8) is 0 Å². The van der Waals surface area contributed by atoms with Gasteiger partial charge in [-0.25, -0.2) is 0 Å². The second-order valence-electron chi connectivity index (χ2n) is 6.18. The molecule has 0 fully saturated rings. The van der Waals surface area contributed by atoms with E-state index in [0.717, 1.165) is 27.8 Å². The van der Waals surface area contributed by atoms with E-state index in [9.17, 15) is 4.79 Å². The molecule has 0 saturated heterocycles. The van der Waals surface area contributed by atoms with Gasteiger partial charge in [-0.05, 0) is 42.7 Å². The summed E-state index contributed by atoms with van der Waals surface area (Å²) in [6, 6.07) is 14.9. The fraction of sp³-hybridized carbons (Fsp3) is 0.250. The van der Waals surface area contributed by atoms with Crippen molar-refractivity contribution in [2.75, 3.05) is 7.11 Å². The van der Waals surface area contributed by atoms with E-state index >= 15 is 0 Å².